The fourth-order valence-electron chi connectivity index (χ4n) is 3.06. The first kappa shape index (κ1) is 13.6. The molecule has 1 nitrogen and oxygen atoms in total. The number of benzene rings is 1. The molecule has 2 atom stereocenters. The van der Waals surface area contributed by atoms with Crippen LogP contribution in [0, 0.1) is 18.8 Å². The van der Waals surface area contributed by atoms with Gasteiger partial charge >= 0.3 is 0 Å². The third-order valence-electron chi connectivity index (χ3n) is 4.16. The van der Waals surface area contributed by atoms with Gasteiger partial charge in [0.05, 0.1) is 5.02 Å². The smallest absolute Gasteiger partial charge is 0.167 e. The van der Waals surface area contributed by atoms with Crippen molar-refractivity contribution in [3.63, 3.8) is 0 Å². The number of hydrogen-bond donors (Lipinski definition) is 0. The summed E-state index contributed by atoms with van der Waals surface area (Å²) in [6.07, 6.45) is 5.76. The molecule has 1 saturated carbocycles. The van der Waals surface area contributed by atoms with Crippen molar-refractivity contribution >= 4 is 17.4 Å². The van der Waals surface area contributed by atoms with Crippen molar-refractivity contribution in [2.24, 2.45) is 11.8 Å². The van der Waals surface area contributed by atoms with E-state index < -0.39 is 0 Å². The highest BCUT2D eigenvalue weighted by atomic mass is 35.5. The molecule has 0 saturated heterocycles. The lowest BCUT2D eigenvalue weighted by Crippen LogP contribution is -2.27. The van der Waals surface area contributed by atoms with Gasteiger partial charge in [0.2, 0.25) is 0 Å². The van der Waals surface area contributed by atoms with E-state index in [1.165, 1.54) is 19.3 Å². The van der Waals surface area contributed by atoms with Gasteiger partial charge < -0.3 is 0 Å². The van der Waals surface area contributed by atoms with Crippen LogP contribution in [0.2, 0.25) is 5.02 Å². The van der Waals surface area contributed by atoms with Crippen LogP contribution in [0.3, 0.4) is 0 Å². The Morgan fingerprint density at radius 1 is 1.33 bits per heavy atom. The van der Waals surface area contributed by atoms with Gasteiger partial charge in [0.1, 0.15) is 0 Å². The number of rotatable bonds is 3. The Morgan fingerprint density at radius 3 is 2.72 bits per heavy atom. The number of halogens is 1. The molecule has 2 rings (SSSR count). The minimum absolute atomic E-state index is 0.184. The summed E-state index contributed by atoms with van der Waals surface area (Å²) in [5.41, 5.74) is 1.82. The molecule has 0 N–H and O–H groups in total. The zero-order valence-electron chi connectivity index (χ0n) is 11.2. The molecule has 0 amide bonds. The van der Waals surface area contributed by atoms with Crippen LogP contribution < -0.4 is 0 Å². The molecular weight excluding hydrogens is 244 g/mol. The normalized spacial score (nSPS) is 23.9. The van der Waals surface area contributed by atoms with E-state index in [-0.39, 0.29) is 11.7 Å². The highest BCUT2D eigenvalue weighted by Gasteiger charge is 2.31. The van der Waals surface area contributed by atoms with Gasteiger partial charge in [0, 0.05) is 11.5 Å². The van der Waals surface area contributed by atoms with Crippen LogP contribution in [0.25, 0.3) is 0 Å². The molecule has 0 aromatic heterocycles. The van der Waals surface area contributed by atoms with E-state index in [2.05, 4.69) is 6.92 Å². The maximum Gasteiger partial charge on any atom is 0.167 e. The molecule has 0 aliphatic heterocycles. The van der Waals surface area contributed by atoms with Gasteiger partial charge in [-0.1, -0.05) is 43.9 Å². The summed E-state index contributed by atoms with van der Waals surface area (Å²) in [5.74, 6) is 0.985. The summed E-state index contributed by atoms with van der Waals surface area (Å²) < 4.78 is 0. The van der Waals surface area contributed by atoms with E-state index in [4.69, 9.17) is 11.6 Å². The van der Waals surface area contributed by atoms with Crippen molar-refractivity contribution in [2.75, 3.05) is 0 Å². The van der Waals surface area contributed by atoms with E-state index in [1.807, 2.05) is 25.1 Å². The number of ketones is 1. The van der Waals surface area contributed by atoms with Crippen molar-refractivity contribution in [1.29, 1.82) is 0 Å². The zero-order chi connectivity index (χ0) is 13.1. The molecule has 18 heavy (non-hydrogen) atoms. The number of carbonyl (C=O) groups excluding carboxylic acids is 1. The Hall–Kier alpha value is -0.820. The first-order chi connectivity index (χ1) is 8.63. The lowest BCUT2D eigenvalue weighted by Gasteiger charge is -2.29. The van der Waals surface area contributed by atoms with Crippen LogP contribution in [0.5, 0.6) is 0 Å². The largest absolute Gasteiger partial charge is 0.294 e. The number of aryl methyl sites for hydroxylation is 1. The molecular formula is C16H21ClO. The zero-order valence-corrected chi connectivity index (χ0v) is 12.0. The van der Waals surface area contributed by atoms with Crippen LogP contribution in [-0.4, -0.2) is 5.78 Å². The first-order valence-corrected chi connectivity index (χ1v) is 7.31. The topological polar surface area (TPSA) is 17.1 Å². The minimum atomic E-state index is 0.184. The predicted octanol–water partition coefficient (Wildman–Crippen LogP) is 5.05. The molecule has 0 bridgehead atoms. The van der Waals surface area contributed by atoms with Crippen molar-refractivity contribution in [1.82, 2.24) is 0 Å². The molecule has 1 aromatic carbocycles. The Kier molecular flexibility index (Phi) is 4.45. The summed E-state index contributed by atoms with van der Waals surface area (Å²) in [4.78, 5) is 12.6. The Balaban J connectivity index is 2.24. The van der Waals surface area contributed by atoms with Crippen molar-refractivity contribution in [3.05, 3.63) is 34.3 Å². The highest BCUT2D eigenvalue weighted by Crippen LogP contribution is 2.35. The molecule has 0 spiro atoms. The van der Waals surface area contributed by atoms with E-state index in [0.717, 1.165) is 18.4 Å². The average molecular weight is 265 g/mol. The van der Waals surface area contributed by atoms with E-state index >= 15 is 0 Å². The van der Waals surface area contributed by atoms with Crippen molar-refractivity contribution < 1.29 is 4.79 Å². The second-order valence-electron chi connectivity index (χ2n) is 5.41. The molecule has 98 valence electrons. The third-order valence-corrected chi connectivity index (χ3v) is 4.47. The Labute approximate surface area is 115 Å². The lowest BCUT2D eigenvalue weighted by molar-refractivity contribution is 0.0820. The van der Waals surface area contributed by atoms with Gasteiger partial charge in [-0.25, -0.2) is 0 Å². The first-order valence-electron chi connectivity index (χ1n) is 6.94. The highest BCUT2D eigenvalue weighted by molar-refractivity contribution is 6.34. The quantitative estimate of drug-likeness (QED) is 0.699. The summed E-state index contributed by atoms with van der Waals surface area (Å²) in [7, 11) is 0. The monoisotopic (exact) mass is 264 g/mol. The Morgan fingerprint density at radius 2 is 2.06 bits per heavy atom. The second-order valence-corrected chi connectivity index (χ2v) is 5.81. The van der Waals surface area contributed by atoms with Crippen LogP contribution in [-0.2, 0) is 0 Å². The molecule has 2 unspecified atom stereocenters. The van der Waals surface area contributed by atoms with Crippen molar-refractivity contribution in [3.8, 4) is 0 Å². The van der Waals surface area contributed by atoms with Crippen LogP contribution >= 0.6 is 11.6 Å². The molecule has 1 aliphatic carbocycles. The molecule has 2 heteroatoms. The summed E-state index contributed by atoms with van der Waals surface area (Å²) in [5, 5.41) is 0.612. The molecule has 0 heterocycles. The summed E-state index contributed by atoms with van der Waals surface area (Å²) in [6.45, 7) is 4.18. The van der Waals surface area contributed by atoms with E-state index in [1.54, 1.807) is 0 Å². The van der Waals surface area contributed by atoms with E-state index in [9.17, 15) is 4.79 Å². The molecule has 1 fully saturated rings. The molecule has 1 aliphatic rings. The molecule has 0 radical (unpaired) electrons. The van der Waals surface area contributed by atoms with Gasteiger partial charge in [0.25, 0.3) is 0 Å². The lowest BCUT2D eigenvalue weighted by atomic mass is 9.74. The van der Waals surface area contributed by atoms with Crippen LogP contribution in [0.4, 0.5) is 0 Å². The third kappa shape index (κ3) is 2.77. The predicted molar refractivity (Wildman–Crippen MR) is 76.3 cm³/mol. The molecule has 1 aromatic rings. The van der Waals surface area contributed by atoms with Gasteiger partial charge in [0.15, 0.2) is 5.78 Å². The van der Waals surface area contributed by atoms with Gasteiger partial charge in [-0.05, 0) is 43.4 Å². The fraction of sp³-hybridized carbons (Fsp3) is 0.562. The number of carbonyl (C=O) groups is 1. The van der Waals surface area contributed by atoms with Gasteiger partial charge in [-0.15, -0.1) is 0 Å². The van der Waals surface area contributed by atoms with Gasteiger partial charge in [-0.3, -0.25) is 4.79 Å². The number of Topliss-reactive ketones (excluding diaryl/α,β-unsaturated/α-hetero) is 1. The maximum atomic E-state index is 12.6. The second kappa shape index (κ2) is 5.88. The minimum Gasteiger partial charge on any atom is -0.294 e. The van der Waals surface area contributed by atoms with Crippen LogP contribution in [0.1, 0.15) is 54.9 Å². The van der Waals surface area contributed by atoms with Crippen molar-refractivity contribution in [2.45, 2.75) is 46.0 Å². The van der Waals surface area contributed by atoms with E-state index in [0.29, 0.717) is 16.5 Å². The average Bonchev–Trinajstić information content (AvgIpc) is 2.38. The Bertz CT molecular complexity index is 439. The fourth-order valence-corrected chi connectivity index (χ4v) is 3.39. The van der Waals surface area contributed by atoms with Crippen LogP contribution in [0.15, 0.2) is 18.2 Å². The number of hydrogen-bond acceptors (Lipinski definition) is 1. The van der Waals surface area contributed by atoms with Gasteiger partial charge in [-0.2, -0.15) is 0 Å². The summed E-state index contributed by atoms with van der Waals surface area (Å²) >= 11 is 6.21. The maximum absolute atomic E-state index is 12.6. The standard InChI is InChI=1S/C16H21ClO/c1-3-12-6-4-5-7-13(12)16(18)14-9-8-11(2)10-15(14)17/h8-10,12-13H,3-7H2,1-2H3. The summed E-state index contributed by atoms with van der Waals surface area (Å²) in [6, 6.07) is 5.75. The SMILES string of the molecule is CCC1CCCCC1C(=O)c1ccc(C)cc1Cl.